The quantitative estimate of drug-likeness (QED) is 0.0317. The van der Waals surface area contributed by atoms with Crippen molar-refractivity contribution in [1.82, 2.24) is 39.5 Å². The van der Waals surface area contributed by atoms with Gasteiger partial charge in [0.05, 0.1) is 30.4 Å². The van der Waals surface area contributed by atoms with Crippen molar-refractivity contribution < 1.29 is 47.7 Å². The van der Waals surface area contributed by atoms with Gasteiger partial charge in [-0.25, -0.2) is 24.5 Å². The summed E-state index contributed by atoms with van der Waals surface area (Å²) < 4.78 is 27.5. The van der Waals surface area contributed by atoms with E-state index in [2.05, 4.69) is 41.3 Å². The van der Waals surface area contributed by atoms with E-state index >= 15 is 0 Å². The first-order chi connectivity index (χ1) is 35.3. The van der Waals surface area contributed by atoms with Crippen LogP contribution in [0, 0.1) is 6.92 Å². The van der Waals surface area contributed by atoms with Gasteiger partial charge in [-0.3, -0.25) is 50.1 Å². The summed E-state index contributed by atoms with van der Waals surface area (Å²) in [4.78, 5) is 95.7. The van der Waals surface area contributed by atoms with E-state index in [1.165, 1.54) is 37.5 Å². The van der Waals surface area contributed by atoms with E-state index in [-0.39, 0.29) is 84.5 Å². The van der Waals surface area contributed by atoms with Gasteiger partial charge in [-0.15, -0.1) is 0 Å². The van der Waals surface area contributed by atoms with Gasteiger partial charge in [0.2, 0.25) is 29.7 Å². The van der Waals surface area contributed by atoms with Crippen LogP contribution in [0.2, 0.25) is 0 Å². The van der Waals surface area contributed by atoms with E-state index in [0.29, 0.717) is 40.2 Å². The van der Waals surface area contributed by atoms with Crippen molar-refractivity contribution in [2.24, 2.45) is 27.2 Å². The highest BCUT2D eigenvalue weighted by molar-refractivity contribution is 6.47. The molecule has 6 amide bonds. The van der Waals surface area contributed by atoms with Crippen LogP contribution in [0.1, 0.15) is 99.2 Å². The molecule has 5 rings (SSSR count). The number of primary amides is 2. The smallest absolute Gasteiger partial charge is 0.414 e. The Kier molecular flexibility index (Phi) is 18.7. The van der Waals surface area contributed by atoms with Crippen molar-refractivity contribution >= 4 is 81.4 Å². The van der Waals surface area contributed by atoms with E-state index in [1.807, 2.05) is 6.92 Å². The highest BCUT2D eigenvalue weighted by Crippen LogP contribution is 2.33. The Bertz CT molecular complexity index is 3110. The van der Waals surface area contributed by atoms with Crippen molar-refractivity contribution in [3.63, 3.8) is 0 Å². The van der Waals surface area contributed by atoms with Crippen LogP contribution < -0.4 is 47.9 Å². The standard InChI is InChI=1S/C50H65N15O10/c1-12-54-34(22-28(3)51)42(68)58-45-57-33-25-31(41(53)67)27-37(73-21-17-14-18-55-44(60-47(70)74-49(5,6)7)61-48(71)75-50(8,9)10)39(33)64(45)20-16-15-19-63-38-32(24-30(40(52)66)26-36(38)72-11)56-46(63)59-43(69)35-23-29(4)62-65(35)13-2/h14-17,22-27H,12-13,18-21,51H2,1-11H3,(H2,52,66)(H2,53,67)(H,56,59,69)(H,57,58,68)(H2,55,60,61,70,71)/b16-15+,17-14+,28-22-,54-34?. The summed E-state index contributed by atoms with van der Waals surface area (Å²) in [6.45, 7) is 17.7. The molecule has 0 bridgehead atoms. The van der Waals surface area contributed by atoms with Crippen molar-refractivity contribution in [2.75, 3.05) is 37.4 Å². The van der Waals surface area contributed by atoms with E-state index in [1.54, 1.807) is 107 Å². The molecule has 0 radical (unpaired) electrons. The molecular weight excluding hydrogens is 971 g/mol. The molecule has 0 saturated heterocycles. The molecule has 3 aromatic heterocycles. The minimum absolute atomic E-state index is 0.0271. The van der Waals surface area contributed by atoms with E-state index in [9.17, 15) is 28.8 Å². The van der Waals surface area contributed by atoms with Gasteiger partial charge in [-0.2, -0.15) is 5.10 Å². The maximum atomic E-state index is 13.8. The van der Waals surface area contributed by atoms with Crippen molar-refractivity contribution in [2.45, 2.75) is 100 Å². The van der Waals surface area contributed by atoms with Gasteiger partial charge in [0.15, 0.2) is 0 Å². The third-order valence-corrected chi connectivity index (χ3v) is 10.1. The summed E-state index contributed by atoms with van der Waals surface area (Å²) in [5, 5.41) is 14.9. The number of methoxy groups -OCH3 is 1. The number of allylic oxidation sites excluding steroid dienone is 3. The number of nitrogens with zero attached hydrogens (tertiary/aromatic N) is 8. The number of aryl methyl sites for hydroxylation is 2. The van der Waals surface area contributed by atoms with Gasteiger partial charge in [0.1, 0.15) is 51.7 Å². The lowest BCUT2D eigenvalue weighted by Gasteiger charge is -2.22. The summed E-state index contributed by atoms with van der Waals surface area (Å²) in [6.07, 6.45) is 6.43. The highest BCUT2D eigenvalue weighted by Gasteiger charge is 2.25. The van der Waals surface area contributed by atoms with Gasteiger partial charge < -0.3 is 45.3 Å². The average Bonchev–Trinajstić information content (AvgIpc) is 3.98. The number of aliphatic imine (C=N–C) groups is 2. The molecule has 0 aliphatic carbocycles. The normalized spacial score (nSPS) is 12.3. The lowest BCUT2D eigenvalue weighted by Crippen LogP contribution is -2.47. The second-order valence-corrected chi connectivity index (χ2v) is 18.5. The monoisotopic (exact) mass is 1040 g/mol. The molecule has 3 heterocycles. The minimum Gasteiger partial charge on any atom is -0.494 e. The lowest BCUT2D eigenvalue weighted by molar-refractivity contribution is -0.110. The molecule has 75 heavy (non-hydrogen) atoms. The summed E-state index contributed by atoms with van der Waals surface area (Å²) in [5.41, 5.74) is 18.5. The molecule has 10 N–H and O–H groups in total. The van der Waals surface area contributed by atoms with Gasteiger partial charge in [-0.1, -0.05) is 18.2 Å². The van der Waals surface area contributed by atoms with Gasteiger partial charge >= 0.3 is 12.2 Å². The molecule has 0 saturated carbocycles. The molecular formula is C50H65N15O10. The second-order valence-electron chi connectivity index (χ2n) is 18.5. The Morgan fingerprint density at radius 3 is 1.75 bits per heavy atom. The SMILES string of the molecule is CCN=C(/C=C(/C)N)C(=O)Nc1nc2cc(C(N)=O)cc(OC/C=C/CN=C(NC(=O)OC(C)(C)C)NC(=O)OC(C)(C)C)c2n1C/C=C/Cn1c(NC(=O)c2cc(C)nn2CC)nc2cc(C(N)=O)cc(OC)c21. The first-order valence-electron chi connectivity index (χ1n) is 23.7. The Morgan fingerprint density at radius 1 is 0.720 bits per heavy atom. The maximum absolute atomic E-state index is 13.8. The summed E-state index contributed by atoms with van der Waals surface area (Å²) >= 11 is 0. The first kappa shape index (κ1) is 56.9. The number of nitrogens with one attached hydrogen (secondary N) is 4. The van der Waals surface area contributed by atoms with Crippen LogP contribution in [0.15, 0.2) is 76.4 Å². The second kappa shape index (κ2) is 24.6. The lowest BCUT2D eigenvalue weighted by atomic mass is 10.1. The van der Waals surface area contributed by atoms with Gasteiger partial charge in [0.25, 0.3) is 11.8 Å². The molecule has 5 aromatic rings. The first-order valence-corrected chi connectivity index (χ1v) is 23.7. The minimum atomic E-state index is -0.860. The Labute approximate surface area is 432 Å². The number of ether oxygens (including phenoxy) is 4. The fourth-order valence-corrected chi connectivity index (χ4v) is 7.12. The van der Waals surface area contributed by atoms with Crippen LogP contribution in [0.25, 0.3) is 22.1 Å². The largest absolute Gasteiger partial charge is 0.494 e. The van der Waals surface area contributed by atoms with Crippen molar-refractivity contribution in [3.8, 4) is 11.5 Å². The Hall–Kier alpha value is -9.03. The number of nitrogens with two attached hydrogens (primary N) is 3. The number of anilines is 2. The van der Waals surface area contributed by atoms with Gasteiger partial charge in [-0.05, 0) is 112 Å². The Morgan fingerprint density at radius 2 is 1.25 bits per heavy atom. The topological polar surface area (TPSA) is 344 Å². The number of guanidine groups is 1. The molecule has 0 aliphatic heterocycles. The van der Waals surface area contributed by atoms with Crippen LogP contribution in [0.4, 0.5) is 21.5 Å². The number of alkyl carbamates (subject to hydrolysis) is 2. The zero-order chi connectivity index (χ0) is 55.4. The molecule has 25 nitrogen and oxygen atoms in total. The summed E-state index contributed by atoms with van der Waals surface area (Å²) in [7, 11) is 1.43. The number of rotatable bonds is 19. The van der Waals surface area contributed by atoms with E-state index in [0.717, 1.165) is 0 Å². The molecule has 0 atom stereocenters. The van der Waals surface area contributed by atoms with Gasteiger partial charge in [0, 0.05) is 43.0 Å². The van der Waals surface area contributed by atoms with Crippen LogP contribution in [-0.4, -0.2) is 114 Å². The Balaban J connectivity index is 1.54. The number of aromatic nitrogens is 6. The maximum Gasteiger partial charge on any atom is 0.414 e. The van der Waals surface area contributed by atoms with Crippen LogP contribution in [0.5, 0.6) is 11.5 Å². The summed E-state index contributed by atoms with van der Waals surface area (Å²) in [6, 6.07) is 7.52. The third-order valence-electron chi connectivity index (χ3n) is 10.1. The van der Waals surface area contributed by atoms with E-state index in [4.69, 9.17) is 41.1 Å². The number of imidazole rings is 2. The van der Waals surface area contributed by atoms with Crippen molar-refractivity contribution in [3.05, 3.63) is 88.9 Å². The fourth-order valence-electron chi connectivity index (χ4n) is 7.12. The van der Waals surface area contributed by atoms with Crippen LogP contribution >= 0.6 is 0 Å². The number of carbonyl (C=O) groups excluding carboxylic acids is 6. The third kappa shape index (κ3) is 15.7. The number of fused-ring (bicyclic) bond motifs is 2. The van der Waals surface area contributed by atoms with Crippen molar-refractivity contribution in [1.29, 1.82) is 0 Å². The molecule has 25 heteroatoms. The van der Waals surface area contributed by atoms with E-state index < -0.39 is 47.0 Å². The number of carbonyl (C=O) groups is 6. The zero-order valence-corrected chi connectivity index (χ0v) is 43.9. The number of hydrogen-bond acceptors (Lipinski definition) is 16. The molecule has 0 spiro atoms. The average molecular weight is 1040 g/mol. The molecule has 2 aromatic carbocycles. The predicted molar refractivity (Wildman–Crippen MR) is 283 cm³/mol. The highest BCUT2D eigenvalue weighted by atomic mass is 16.6. The summed E-state index contributed by atoms with van der Waals surface area (Å²) in [5.74, 6) is -2.26. The van der Waals surface area contributed by atoms with Crippen LogP contribution in [-0.2, 0) is 33.9 Å². The zero-order valence-electron chi connectivity index (χ0n) is 43.9. The van der Waals surface area contributed by atoms with Crippen LogP contribution in [0.3, 0.4) is 0 Å². The predicted octanol–water partition coefficient (Wildman–Crippen LogP) is 5.23. The molecule has 0 aliphatic rings. The number of hydrogen-bond donors (Lipinski definition) is 7. The number of amides is 6. The molecule has 400 valence electrons. The molecule has 0 unspecified atom stereocenters. The molecule has 0 fully saturated rings. The fraction of sp³-hybridized carbons (Fsp3) is 0.380. The number of benzene rings is 2.